The van der Waals surface area contributed by atoms with E-state index in [1.807, 2.05) is 0 Å². The molecule has 2 rings (SSSR count). The largest absolute Gasteiger partial charge is 0.480 e. The number of aliphatic carboxylic acids is 2. The van der Waals surface area contributed by atoms with Gasteiger partial charge in [0.1, 0.15) is 13.1 Å². The summed E-state index contributed by atoms with van der Waals surface area (Å²) in [5, 5.41) is 21.4. The zero-order chi connectivity index (χ0) is 14.7. The first-order valence-corrected chi connectivity index (χ1v) is 5.49. The number of rotatable bonds is 5. The molecule has 2 heterocycles. The van der Waals surface area contributed by atoms with Gasteiger partial charge in [0.25, 0.3) is 5.91 Å². The molecule has 1 amide bonds. The molecule has 0 aliphatic rings. The number of amides is 1. The van der Waals surface area contributed by atoms with Crippen molar-refractivity contribution in [2.24, 2.45) is 0 Å². The fourth-order valence-electron chi connectivity index (χ4n) is 1.70. The Balaban J connectivity index is 2.35. The van der Waals surface area contributed by atoms with Crippen LogP contribution in [0.1, 0.15) is 10.4 Å². The maximum atomic E-state index is 12.2. The summed E-state index contributed by atoms with van der Waals surface area (Å²) in [5.74, 6) is -3.32. The Labute approximate surface area is 112 Å². The first kappa shape index (κ1) is 13.5. The molecule has 2 aromatic rings. The minimum atomic E-state index is -1.30. The van der Waals surface area contributed by atoms with Crippen LogP contribution in [0.15, 0.2) is 24.8 Å². The van der Waals surface area contributed by atoms with E-state index in [-0.39, 0.29) is 5.56 Å². The van der Waals surface area contributed by atoms with Crippen LogP contribution in [0.5, 0.6) is 0 Å². The van der Waals surface area contributed by atoms with Crippen molar-refractivity contribution in [3.8, 4) is 0 Å². The number of carboxylic acid groups (broad SMARTS) is 2. The molecule has 0 atom stereocenters. The van der Waals surface area contributed by atoms with E-state index >= 15 is 0 Å². The third kappa shape index (κ3) is 2.71. The number of hydrogen-bond donors (Lipinski definition) is 2. The average Bonchev–Trinajstić information content (AvgIpc) is 2.79. The number of carbonyl (C=O) groups is 3. The average molecular weight is 278 g/mol. The molecule has 20 heavy (non-hydrogen) atoms. The SMILES string of the molecule is O=C(O)CN(CC(=O)O)C(=O)c1cnn2ccncc12. The minimum Gasteiger partial charge on any atom is -0.480 e. The van der Waals surface area contributed by atoms with Crippen molar-refractivity contribution >= 4 is 23.4 Å². The van der Waals surface area contributed by atoms with Gasteiger partial charge in [0.15, 0.2) is 0 Å². The summed E-state index contributed by atoms with van der Waals surface area (Å²) >= 11 is 0. The molecule has 2 aromatic heterocycles. The molecule has 104 valence electrons. The van der Waals surface area contributed by atoms with E-state index in [1.165, 1.54) is 29.3 Å². The van der Waals surface area contributed by atoms with Gasteiger partial charge in [0, 0.05) is 12.4 Å². The van der Waals surface area contributed by atoms with E-state index in [9.17, 15) is 14.4 Å². The molecule has 0 saturated heterocycles. The van der Waals surface area contributed by atoms with Gasteiger partial charge >= 0.3 is 11.9 Å². The maximum Gasteiger partial charge on any atom is 0.323 e. The van der Waals surface area contributed by atoms with Crippen LogP contribution < -0.4 is 0 Å². The second kappa shape index (κ2) is 5.34. The zero-order valence-corrected chi connectivity index (χ0v) is 10.1. The van der Waals surface area contributed by atoms with E-state index in [0.29, 0.717) is 10.4 Å². The quantitative estimate of drug-likeness (QED) is 0.743. The highest BCUT2D eigenvalue weighted by atomic mass is 16.4. The Bertz CT molecular complexity index is 664. The molecule has 0 saturated carbocycles. The molecule has 0 aromatic carbocycles. The van der Waals surface area contributed by atoms with Crippen LogP contribution >= 0.6 is 0 Å². The Morgan fingerprint density at radius 3 is 2.40 bits per heavy atom. The van der Waals surface area contributed by atoms with E-state index in [0.717, 1.165) is 0 Å². The molecule has 9 heteroatoms. The van der Waals surface area contributed by atoms with E-state index in [1.54, 1.807) is 0 Å². The van der Waals surface area contributed by atoms with Crippen molar-refractivity contribution < 1.29 is 24.6 Å². The van der Waals surface area contributed by atoms with Crippen LogP contribution in [0.4, 0.5) is 0 Å². The van der Waals surface area contributed by atoms with Gasteiger partial charge < -0.3 is 15.1 Å². The summed E-state index contributed by atoms with van der Waals surface area (Å²) in [7, 11) is 0. The number of aromatic nitrogens is 3. The summed E-state index contributed by atoms with van der Waals surface area (Å²) in [6, 6.07) is 0. The van der Waals surface area contributed by atoms with Crippen LogP contribution in [0.2, 0.25) is 0 Å². The number of carboxylic acids is 2. The summed E-state index contributed by atoms with van der Waals surface area (Å²) in [4.78, 5) is 38.2. The Morgan fingerprint density at radius 2 is 1.80 bits per heavy atom. The predicted molar refractivity (Wildman–Crippen MR) is 64.2 cm³/mol. The third-order valence-electron chi connectivity index (χ3n) is 2.49. The molecule has 0 unspecified atom stereocenters. The van der Waals surface area contributed by atoms with Gasteiger partial charge in [-0.05, 0) is 0 Å². The fourth-order valence-corrected chi connectivity index (χ4v) is 1.70. The summed E-state index contributed by atoms with van der Waals surface area (Å²) < 4.78 is 1.39. The first-order valence-electron chi connectivity index (χ1n) is 5.49. The van der Waals surface area contributed by atoms with Crippen molar-refractivity contribution in [1.82, 2.24) is 19.5 Å². The normalized spacial score (nSPS) is 10.4. The standard InChI is InChI=1S/C11H10N4O5/c16-9(17)5-14(6-10(18)19)11(20)7-3-13-15-2-1-12-4-8(7)15/h1-4H,5-6H2,(H,16,17)(H,18,19). The molecule has 0 bridgehead atoms. The highest BCUT2D eigenvalue weighted by Crippen LogP contribution is 2.11. The topological polar surface area (TPSA) is 125 Å². The lowest BCUT2D eigenvalue weighted by Gasteiger charge is -2.17. The van der Waals surface area contributed by atoms with Crippen molar-refractivity contribution in [1.29, 1.82) is 0 Å². The molecular formula is C11H10N4O5. The van der Waals surface area contributed by atoms with Crippen LogP contribution in [0.25, 0.3) is 5.52 Å². The second-order valence-electron chi connectivity index (χ2n) is 3.91. The van der Waals surface area contributed by atoms with Crippen LogP contribution in [-0.2, 0) is 9.59 Å². The fraction of sp³-hybridized carbons (Fsp3) is 0.182. The highest BCUT2D eigenvalue weighted by molar-refractivity contribution is 6.02. The predicted octanol–water partition coefficient (Wildman–Crippen LogP) is -0.659. The summed E-state index contributed by atoms with van der Waals surface area (Å²) in [5.41, 5.74) is 0.471. The molecule has 0 spiro atoms. The number of carbonyl (C=O) groups excluding carboxylic acids is 1. The Morgan fingerprint density at radius 1 is 1.15 bits per heavy atom. The molecule has 2 N–H and O–H groups in total. The monoisotopic (exact) mass is 278 g/mol. The summed E-state index contributed by atoms with van der Waals surface area (Å²) in [6.07, 6.45) is 5.63. The van der Waals surface area contributed by atoms with Crippen LogP contribution in [0.3, 0.4) is 0 Å². The third-order valence-corrected chi connectivity index (χ3v) is 2.49. The number of fused-ring (bicyclic) bond motifs is 1. The molecule has 9 nitrogen and oxygen atoms in total. The van der Waals surface area contributed by atoms with Crippen molar-refractivity contribution in [2.75, 3.05) is 13.1 Å². The van der Waals surface area contributed by atoms with Crippen molar-refractivity contribution in [3.05, 3.63) is 30.4 Å². The lowest BCUT2D eigenvalue weighted by atomic mass is 10.2. The van der Waals surface area contributed by atoms with Crippen LogP contribution in [-0.4, -0.2) is 60.6 Å². The van der Waals surface area contributed by atoms with E-state index < -0.39 is 30.9 Å². The lowest BCUT2D eigenvalue weighted by molar-refractivity contribution is -0.140. The number of hydrogen-bond acceptors (Lipinski definition) is 5. The highest BCUT2D eigenvalue weighted by Gasteiger charge is 2.23. The van der Waals surface area contributed by atoms with E-state index in [2.05, 4.69) is 10.1 Å². The summed E-state index contributed by atoms with van der Waals surface area (Å²) in [6.45, 7) is -1.41. The molecule has 0 fully saturated rings. The van der Waals surface area contributed by atoms with Gasteiger partial charge in [-0.15, -0.1) is 0 Å². The maximum absolute atomic E-state index is 12.2. The first-order chi connectivity index (χ1) is 9.49. The van der Waals surface area contributed by atoms with Gasteiger partial charge in [-0.1, -0.05) is 0 Å². The smallest absolute Gasteiger partial charge is 0.323 e. The zero-order valence-electron chi connectivity index (χ0n) is 10.1. The number of nitrogens with zero attached hydrogens (tertiary/aromatic N) is 4. The molecule has 0 aliphatic heterocycles. The molecular weight excluding hydrogens is 268 g/mol. The Hall–Kier alpha value is -2.97. The van der Waals surface area contributed by atoms with Gasteiger partial charge in [-0.3, -0.25) is 19.4 Å². The van der Waals surface area contributed by atoms with Gasteiger partial charge in [0.05, 0.1) is 23.5 Å². The Kier molecular flexibility index (Phi) is 3.60. The van der Waals surface area contributed by atoms with E-state index in [4.69, 9.17) is 10.2 Å². The molecule has 0 aliphatic carbocycles. The second-order valence-corrected chi connectivity index (χ2v) is 3.91. The van der Waals surface area contributed by atoms with Gasteiger partial charge in [-0.25, -0.2) is 4.52 Å². The van der Waals surface area contributed by atoms with Crippen molar-refractivity contribution in [3.63, 3.8) is 0 Å². The van der Waals surface area contributed by atoms with Gasteiger partial charge in [0.2, 0.25) is 0 Å². The molecule has 0 radical (unpaired) electrons. The minimum absolute atomic E-state index is 0.0978. The van der Waals surface area contributed by atoms with Gasteiger partial charge in [-0.2, -0.15) is 5.10 Å². The van der Waals surface area contributed by atoms with Crippen LogP contribution in [0, 0.1) is 0 Å². The lowest BCUT2D eigenvalue weighted by Crippen LogP contribution is -2.39. The van der Waals surface area contributed by atoms with Crippen molar-refractivity contribution in [2.45, 2.75) is 0 Å².